The van der Waals surface area contributed by atoms with E-state index < -0.39 is 0 Å². The molecule has 2 aromatic rings. The van der Waals surface area contributed by atoms with Gasteiger partial charge in [0.15, 0.2) is 0 Å². The predicted octanol–water partition coefficient (Wildman–Crippen LogP) is 3.43. The molecular formula is C21H28N4O2. The molecule has 144 valence electrons. The molecule has 0 atom stereocenters. The summed E-state index contributed by atoms with van der Waals surface area (Å²) in [5.74, 6) is 1.08. The van der Waals surface area contributed by atoms with Gasteiger partial charge in [0.05, 0.1) is 5.54 Å². The van der Waals surface area contributed by atoms with Crippen LogP contribution in [0.1, 0.15) is 55.8 Å². The zero-order valence-corrected chi connectivity index (χ0v) is 16.4. The number of nitrogens with zero attached hydrogens (tertiary/aromatic N) is 3. The van der Waals surface area contributed by atoms with Crippen LogP contribution in [0.25, 0.3) is 11.4 Å². The quantitative estimate of drug-likeness (QED) is 0.875. The third-order valence-corrected chi connectivity index (χ3v) is 5.67. The van der Waals surface area contributed by atoms with Crippen LogP contribution in [0.2, 0.25) is 0 Å². The van der Waals surface area contributed by atoms with Crippen molar-refractivity contribution in [1.29, 1.82) is 0 Å². The van der Waals surface area contributed by atoms with Gasteiger partial charge in [0.2, 0.25) is 11.7 Å². The van der Waals surface area contributed by atoms with Crippen LogP contribution in [-0.2, 0) is 0 Å². The van der Waals surface area contributed by atoms with E-state index in [1.165, 1.54) is 12.8 Å². The highest BCUT2D eigenvalue weighted by Gasteiger charge is 2.46. The Morgan fingerprint density at radius 3 is 2.56 bits per heavy atom. The molecule has 6 heteroatoms. The molecule has 1 saturated carbocycles. The molecule has 0 radical (unpaired) electrons. The van der Waals surface area contributed by atoms with Crippen molar-refractivity contribution in [2.75, 3.05) is 19.6 Å². The molecule has 1 aliphatic heterocycles. The van der Waals surface area contributed by atoms with Gasteiger partial charge in [0.25, 0.3) is 5.91 Å². The van der Waals surface area contributed by atoms with Crippen molar-refractivity contribution in [2.45, 2.75) is 52.0 Å². The highest BCUT2D eigenvalue weighted by Crippen LogP contribution is 2.38. The maximum absolute atomic E-state index is 12.7. The number of carbonyl (C=O) groups is 1. The first-order valence-corrected chi connectivity index (χ1v) is 9.80. The third kappa shape index (κ3) is 4.21. The van der Waals surface area contributed by atoms with Crippen molar-refractivity contribution in [3.63, 3.8) is 0 Å². The lowest BCUT2D eigenvalue weighted by Crippen LogP contribution is -2.50. The number of hydrogen-bond donors (Lipinski definition) is 1. The maximum Gasteiger partial charge on any atom is 0.251 e. The summed E-state index contributed by atoms with van der Waals surface area (Å²) in [6.45, 7) is 9.65. The van der Waals surface area contributed by atoms with Gasteiger partial charge in [-0.2, -0.15) is 4.98 Å². The molecule has 1 aromatic heterocycles. The number of rotatable bonds is 5. The third-order valence-electron chi connectivity index (χ3n) is 5.67. The molecule has 1 amide bonds. The van der Waals surface area contributed by atoms with Gasteiger partial charge in [-0.3, -0.25) is 4.79 Å². The average Bonchev–Trinajstić information content (AvgIpc) is 3.21. The summed E-state index contributed by atoms with van der Waals surface area (Å²) < 4.78 is 5.01. The fourth-order valence-corrected chi connectivity index (χ4v) is 4.08. The van der Waals surface area contributed by atoms with Gasteiger partial charge in [0, 0.05) is 31.1 Å². The van der Waals surface area contributed by atoms with Crippen LogP contribution in [0.5, 0.6) is 0 Å². The molecule has 27 heavy (non-hydrogen) atoms. The number of amides is 1. The number of aromatic nitrogens is 2. The zero-order valence-electron chi connectivity index (χ0n) is 16.4. The average molecular weight is 368 g/mol. The van der Waals surface area contributed by atoms with E-state index in [1.54, 1.807) is 6.92 Å². The zero-order chi connectivity index (χ0) is 19.1. The molecule has 1 N–H and O–H groups in total. The van der Waals surface area contributed by atoms with Crippen molar-refractivity contribution in [3.05, 3.63) is 35.7 Å². The fourth-order valence-electron chi connectivity index (χ4n) is 4.08. The Labute approximate surface area is 160 Å². The summed E-state index contributed by atoms with van der Waals surface area (Å²) in [6.07, 6.45) is 4.66. The van der Waals surface area contributed by atoms with Gasteiger partial charge in [-0.05, 0) is 49.8 Å². The van der Waals surface area contributed by atoms with Gasteiger partial charge in [0.1, 0.15) is 0 Å². The van der Waals surface area contributed by atoms with E-state index in [2.05, 4.69) is 34.2 Å². The Morgan fingerprint density at radius 2 is 1.96 bits per heavy atom. The predicted molar refractivity (Wildman–Crippen MR) is 103 cm³/mol. The minimum Gasteiger partial charge on any atom is -0.345 e. The van der Waals surface area contributed by atoms with E-state index in [-0.39, 0.29) is 11.4 Å². The summed E-state index contributed by atoms with van der Waals surface area (Å²) in [6, 6.07) is 7.39. The van der Waals surface area contributed by atoms with E-state index in [9.17, 15) is 4.79 Å². The Balaban J connectivity index is 1.38. The summed E-state index contributed by atoms with van der Waals surface area (Å²) in [4.78, 5) is 19.5. The number of hydrogen-bond acceptors (Lipinski definition) is 5. The summed E-state index contributed by atoms with van der Waals surface area (Å²) >= 11 is 0. The molecule has 2 heterocycles. The van der Waals surface area contributed by atoms with Gasteiger partial charge in [-0.1, -0.05) is 31.1 Å². The molecule has 2 fully saturated rings. The van der Waals surface area contributed by atoms with Crippen LogP contribution in [0, 0.1) is 12.3 Å². The highest BCUT2D eigenvalue weighted by molar-refractivity contribution is 5.95. The van der Waals surface area contributed by atoms with Gasteiger partial charge >= 0.3 is 0 Å². The molecule has 1 saturated heterocycles. The first-order chi connectivity index (χ1) is 12.8. The molecule has 4 rings (SSSR count). The van der Waals surface area contributed by atoms with Crippen molar-refractivity contribution in [2.24, 2.45) is 5.41 Å². The largest absolute Gasteiger partial charge is 0.345 e. The molecule has 6 nitrogen and oxygen atoms in total. The molecular weight excluding hydrogens is 340 g/mol. The number of nitrogens with one attached hydrogen (secondary N) is 1. The molecule has 0 spiro atoms. The SMILES string of the molecule is Cc1nc(-c2ccc(C(=O)NC3(CN4CCCC(C)(C)C4)CC3)cc2)no1. The minimum absolute atomic E-state index is 0.000359. The highest BCUT2D eigenvalue weighted by atomic mass is 16.5. The fraction of sp³-hybridized carbons (Fsp3) is 0.571. The normalized spacial score (nSPS) is 21.0. The van der Waals surface area contributed by atoms with Crippen LogP contribution in [0.15, 0.2) is 28.8 Å². The number of carbonyl (C=O) groups excluding carboxylic acids is 1. The van der Waals surface area contributed by atoms with Crippen molar-refractivity contribution >= 4 is 5.91 Å². The second-order valence-electron chi connectivity index (χ2n) is 8.93. The Bertz CT molecular complexity index is 821. The lowest BCUT2D eigenvalue weighted by molar-refractivity contribution is 0.0850. The maximum atomic E-state index is 12.7. The number of aryl methyl sites for hydroxylation is 1. The van der Waals surface area contributed by atoms with Crippen molar-refractivity contribution in [1.82, 2.24) is 20.4 Å². The van der Waals surface area contributed by atoms with Gasteiger partial charge in [-0.25, -0.2) is 0 Å². The van der Waals surface area contributed by atoms with Crippen LogP contribution in [-0.4, -0.2) is 46.1 Å². The van der Waals surface area contributed by atoms with E-state index >= 15 is 0 Å². The monoisotopic (exact) mass is 368 g/mol. The number of likely N-dealkylation sites (tertiary alicyclic amines) is 1. The van der Waals surface area contributed by atoms with Crippen molar-refractivity contribution in [3.8, 4) is 11.4 Å². The van der Waals surface area contributed by atoms with Crippen molar-refractivity contribution < 1.29 is 9.32 Å². The van der Waals surface area contributed by atoms with Crippen LogP contribution < -0.4 is 5.32 Å². The second kappa shape index (κ2) is 6.75. The Morgan fingerprint density at radius 1 is 1.22 bits per heavy atom. The van der Waals surface area contributed by atoms with E-state index in [1.807, 2.05) is 24.3 Å². The van der Waals surface area contributed by atoms with Crippen LogP contribution in [0.4, 0.5) is 0 Å². The first-order valence-electron chi connectivity index (χ1n) is 9.80. The molecule has 1 aliphatic carbocycles. The van der Waals surface area contributed by atoms with Crippen LogP contribution >= 0.6 is 0 Å². The van der Waals surface area contributed by atoms with E-state index in [0.717, 1.165) is 38.0 Å². The lowest BCUT2D eigenvalue weighted by Gasteiger charge is -2.39. The standard InChI is InChI=1S/C21H28N4O2/c1-15-22-18(24-27-15)16-5-7-17(8-6-16)19(26)23-21(10-11-21)14-25-12-4-9-20(2,3)13-25/h5-8H,4,9-14H2,1-3H3,(H,23,26). The minimum atomic E-state index is -0.0477. The molecule has 1 aromatic carbocycles. The Kier molecular flexibility index (Phi) is 4.54. The molecule has 2 aliphatic rings. The van der Waals surface area contributed by atoms with Gasteiger partial charge in [-0.15, -0.1) is 0 Å². The Hall–Kier alpha value is -2.21. The summed E-state index contributed by atoms with van der Waals surface area (Å²) in [5, 5.41) is 7.21. The topological polar surface area (TPSA) is 71.3 Å². The van der Waals surface area contributed by atoms with E-state index in [4.69, 9.17) is 4.52 Å². The lowest BCUT2D eigenvalue weighted by atomic mass is 9.84. The number of piperidine rings is 1. The van der Waals surface area contributed by atoms with Gasteiger partial charge < -0.3 is 14.7 Å². The smallest absolute Gasteiger partial charge is 0.251 e. The molecule has 0 bridgehead atoms. The second-order valence-corrected chi connectivity index (χ2v) is 8.93. The first kappa shape index (κ1) is 18.2. The van der Waals surface area contributed by atoms with Crippen LogP contribution in [0.3, 0.4) is 0 Å². The summed E-state index contributed by atoms with van der Waals surface area (Å²) in [7, 11) is 0. The summed E-state index contributed by atoms with van der Waals surface area (Å²) in [5.41, 5.74) is 1.85. The molecule has 0 unspecified atom stereocenters. The number of benzene rings is 1. The van der Waals surface area contributed by atoms with E-state index in [0.29, 0.717) is 22.7 Å².